The lowest BCUT2D eigenvalue weighted by Crippen LogP contribution is -1.98. The molecule has 0 spiro atoms. The van der Waals surface area contributed by atoms with E-state index in [9.17, 15) is 4.79 Å². The molecule has 0 bridgehead atoms. The average molecular weight is 395 g/mol. The van der Waals surface area contributed by atoms with Crippen LogP contribution in [-0.2, 0) is 0 Å². The molecule has 0 aliphatic carbocycles. The van der Waals surface area contributed by atoms with Crippen LogP contribution >= 0.6 is 15.9 Å². The van der Waals surface area contributed by atoms with Gasteiger partial charge in [-0.3, -0.25) is 0 Å². The van der Waals surface area contributed by atoms with E-state index in [1.807, 2.05) is 36.4 Å². The highest BCUT2D eigenvalue weighted by Gasteiger charge is 2.10. The van der Waals surface area contributed by atoms with Crippen molar-refractivity contribution in [3.63, 3.8) is 0 Å². The van der Waals surface area contributed by atoms with Gasteiger partial charge in [-0.15, -0.1) is 0 Å². The molecule has 6 heteroatoms. The van der Waals surface area contributed by atoms with Gasteiger partial charge in [0.05, 0.1) is 4.47 Å². The van der Waals surface area contributed by atoms with E-state index in [0.717, 1.165) is 21.0 Å². The fraction of sp³-hybridized carbons (Fsp3) is 0. The summed E-state index contributed by atoms with van der Waals surface area (Å²) >= 11 is 3.27. The number of benzene rings is 2. The van der Waals surface area contributed by atoms with Crippen LogP contribution in [0.5, 0.6) is 11.8 Å². The van der Waals surface area contributed by atoms with Gasteiger partial charge in [0.15, 0.2) is 0 Å². The zero-order valence-corrected chi connectivity index (χ0v) is 14.4. The van der Waals surface area contributed by atoms with Gasteiger partial charge in [0.1, 0.15) is 11.3 Å². The van der Waals surface area contributed by atoms with E-state index in [4.69, 9.17) is 9.15 Å². The molecule has 0 saturated carbocycles. The van der Waals surface area contributed by atoms with Crippen LogP contribution in [0.1, 0.15) is 0 Å². The Morgan fingerprint density at radius 1 is 0.960 bits per heavy atom. The molecule has 2 heterocycles. The fourth-order valence-corrected chi connectivity index (χ4v) is 2.73. The molecule has 4 aromatic rings. The van der Waals surface area contributed by atoms with Crippen LogP contribution in [0.15, 0.2) is 80.7 Å². The summed E-state index contributed by atoms with van der Waals surface area (Å²) in [7, 11) is 0. The molecule has 0 aliphatic heterocycles. The van der Waals surface area contributed by atoms with Crippen LogP contribution in [0.4, 0.5) is 0 Å². The molecule has 2 aromatic heterocycles. The topological polar surface area (TPSA) is 65.2 Å². The molecule has 0 atom stereocenters. The fourth-order valence-electron chi connectivity index (χ4n) is 2.52. The lowest BCUT2D eigenvalue weighted by atomic mass is 10.0. The van der Waals surface area contributed by atoms with Crippen LogP contribution in [-0.4, -0.2) is 9.97 Å². The van der Waals surface area contributed by atoms with Crippen molar-refractivity contribution in [1.82, 2.24) is 9.97 Å². The van der Waals surface area contributed by atoms with E-state index < -0.39 is 5.63 Å². The molecule has 0 saturated heterocycles. The quantitative estimate of drug-likeness (QED) is 0.466. The SMILES string of the molecule is O=c1cc(-c2ccccc2)c2ccc(Oc3ncc(Br)cn3)cc2o1. The van der Waals surface area contributed by atoms with Crippen molar-refractivity contribution in [2.45, 2.75) is 0 Å². The minimum atomic E-state index is -0.414. The number of halogens is 1. The molecule has 4 rings (SSSR count). The van der Waals surface area contributed by atoms with E-state index in [1.54, 1.807) is 24.5 Å². The maximum atomic E-state index is 11.9. The summed E-state index contributed by atoms with van der Waals surface area (Å²) in [6.45, 7) is 0. The van der Waals surface area contributed by atoms with Crippen LogP contribution < -0.4 is 10.4 Å². The van der Waals surface area contributed by atoms with Crippen LogP contribution in [0.2, 0.25) is 0 Å². The van der Waals surface area contributed by atoms with Crippen LogP contribution in [0.3, 0.4) is 0 Å². The van der Waals surface area contributed by atoms with E-state index in [1.165, 1.54) is 6.07 Å². The third-order valence-corrected chi connectivity index (χ3v) is 4.02. The Balaban J connectivity index is 1.79. The van der Waals surface area contributed by atoms with Crippen molar-refractivity contribution in [3.05, 3.63) is 81.9 Å². The molecule has 0 aliphatic rings. The second kappa shape index (κ2) is 6.49. The van der Waals surface area contributed by atoms with Gasteiger partial charge < -0.3 is 9.15 Å². The van der Waals surface area contributed by atoms with Crippen molar-refractivity contribution in [1.29, 1.82) is 0 Å². The van der Waals surface area contributed by atoms with Crippen molar-refractivity contribution in [3.8, 4) is 22.9 Å². The highest BCUT2D eigenvalue weighted by molar-refractivity contribution is 9.10. The highest BCUT2D eigenvalue weighted by Crippen LogP contribution is 2.30. The predicted octanol–water partition coefficient (Wildman–Crippen LogP) is 4.80. The largest absolute Gasteiger partial charge is 0.424 e. The Morgan fingerprint density at radius 2 is 1.72 bits per heavy atom. The lowest BCUT2D eigenvalue weighted by Gasteiger charge is -2.08. The predicted molar refractivity (Wildman–Crippen MR) is 97.7 cm³/mol. The van der Waals surface area contributed by atoms with Crippen molar-refractivity contribution in [2.75, 3.05) is 0 Å². The summed E-state index contributed by atoms with van der Waals surface area (Å²) in [4.78, 5) is 20.1. The van der Waals surface area contributed by atoms with Gasteiger partial charge in [0.2, 0.25) is 0 Å². The van der Waals surface area contributed by atoms with Gasteiger partial charge in [0, 0.05) is 29.9 Å². The first-order chi connectivity index (χ1) is 12.2. The Hall–Kier alpha value is -2.99. The number of hydrogen-bond donors (Lipinski definition) is 0. The Labute approximate surface area is 151 Å². The number of ether oxygens (including phenoxy) is 1. The zero-order chi connectivity index (χ0) is 17.2. The van der Waals surface area contributed by atoms with Gasteiger partial charge >= 0.3 is 11.6 Å². The van der Waals surface area contributed by atoms with Gasteiger partial charge in [-0.2, -0.15) is 0 Å². The molecule has 0 N–H and O–H groups in total. The molecule has 2 aromatic carbocycles. The van der Waals surface area contributed by atoms with Gasteiger partial charge in [-0.05, 0) is 39.2 Å². The van der Waals surface area contributed by atoms with Crippen molar-refractivity contribution in [2.24, 2.45) is 0 Å². The van der Waals surface area contributed by atoms with E-state index in [0.29, 0.717) is 11.3 Å². The van der Waals surface area contributed by atoms with Crippen molar-refractivity contribution < 1.29 is 9.15 Å². The van der Waals surface area contributed by atoms with Crippen LogP contribution in [0, 0.1) is 0 Å². The van der Waals surface area contributed by atoms with E-state index in [-0.39, 0.29) is 6.01 Å². The maximum absolute atomic E-state index is 11.9. The zero-order valence-electron chi connectivity index (χ0n) is 12.8. The summed E-state index contributed by atoms with van der Waals surface area (Å²) in [6.07, 6.45) is 3.19. The summed E-state index contributed by atoms with van der Waals surface area (Å²) < 4.78 is 11.7. The molecular formula is C19H11BrN2O3. The van der Waals surface area contributed by atoms with Crippen molar-refractivity contribution >= 4 is 26.9 Å². The average Bonchev–Trinajstić information content (AvgIpc) is 2.63. The Morgan fingerprint density at radius 3 is 2.48 bits per heavy atom. The third kappa shape index (κ3) is 3.29. The number of nitrogens with zero attached hydrogens (tertiary/aromatic N) is 2. The first-order valence-electron chi connectivity index (χ1n) is 7.48. The molecule has 25 heavy (non-hydrogen) atoms. The smallest absolute Gasteiger partial charge is 0.336 e. The molecular weight excluding hydrogens is 384 g/mol. The summed E-state index contributed by atoms with van der Waals surface area (Å²) in [5, 5.41) is 0.829. The molecule has 0 radical (unpaired) electrons. The first kappa shape index (κ1) is 15.5. The molecule has 0 fully saturated rings. The normalized spacial score (nSPS) is 10.8. The minimum absolute atomic E-state index is 0.212. The number of aromatic nitrogens is 2. The third-order valence-electron chi connectivity index (χ3n) is 3.61. The lowest BCUT2D eigenvalue weighted by molar-refractivity contribution is 0.440. The molecule has 0 amide bonds. The maximum Gasteiger partial charge on any atom is 0.336 e. The Bertz CT molecular complexity index is 1090. The number of fused-ring (bicyclic) bond motifs is 1. The van der Waals surface area contributed by atoms with Gasteiger partial charge in [0.25, 0.3) is 0 Å². The summed E-state index contributed by atoms with van der Waals surface area (Å²) in [5.41, 5.74) is 1.80. The number of hydrogen-bond acceptors (Lipinski definition) is 5. The summed E-state index contributed by atoms with van der Waals surface area (Å²) in [5.74, 6) is 0.489. The standard InChI is InChI=1S/C19H11BrN2O3/c20-13-10-21-19(22-11-13)24-14-6-7-15-16(12-4-2-1-3-5-12)9-18(23)25-17(15)8-14/h1-11H. The molecule has 5 nitrogen and oxygen atoms in total. The second-order valence-corrected chi connectivity index (χ2v) is 6.20. The van der Waals surface area contributed by atoms with Gasteiger partial charge in [-0.1, -0.05) is 30.3 Å². The van der Waals surface area contributed by atoms with E-state index in [2.05, 4.69) is 25.9 Å². The van der Waals surface area contributed by atoms with Crippen LogP contribution in [0.25, 0.3) is 22.1 Å². The second-order valence-electron chi connectivity index (χ2n) is 5.29. The molecule has 122 valence electrons. The highest BCUT2D eigenvalue weighted by atomic mass is 79.9. The van der Waals surface area contributed by atoms with Gasteiger partial charge in [-0.25, -0.2) is 14.8 Å². The first-order valence-corrected chi connectivity index (χ1v) is 8.27. The Kier molecular flexibility index (Phi) is 4.03. The minimum Gasteiger partial charge on any atom is -0.424 e. The summed E-state index contributed by atoms with van der Waals surface area (Å²) in [6, 6.07) is 16.7. The van der Waals surface area contributed by atoms with E-state index >= 15 is 0 Å². The monoisotopic (exact) mass is 394 g/mol. The molecule has 0 unspecified atom stereocenters. The number of rotatable bonds is 3.